The van der Waals surface area contributed by atoms with Crippen molar-refractivity contribution in [1.82, 2.24) is 4.90 Å². The van der Waals surface area contributed by atoms with Gasteiger partial charge >= 0.3 is 0 Å². The molecule has 0 aliphatic rings. The van der Waals surface area contributed by atoms with Gasteiger partial charge in [0.25, 0.3) is 6.43 Å². The van der Waals surface area contributed by atoms with Crippen LogP contribution in [0, 0.1) is 0 Å². The fourth-order valence-corrected chi connectivity index (χ4v) is 1.78. The van der Waals surface area contributed by atoms with Crippen molar-refractivity contribution < 1.29 is 18.6 Å². The van der Waals surface area contributed by atoms with Crippen molar-refractivity contribution in [2.24, 2.45) is 5.73 Å². The number of aliphatic hydroxyl groups excluding tert-OH is 1. The molecule has 0 amide bonds. The van der Waals surface area contributed by atoms with Gasteiger partial charge in [-0.25, -0.2) is 8.78 Å². The molecule has 0 heterocycles. The number of rotatable bonds is 8. The minimum atomic E-state index is -2.42. The summed E-state index contributed by atoms with van der Waals surface area (Å²) in [6, 6.07) is 6.86. The van der Waals surface area contributed by atoms with Crippen molar-refractivity contribution in [3.63, 3.8) is 0 Å². The molecule has 0 saturated heterocycles. The van der Waals surface area contributed by atoms with Crippen LogP contribution in [-0.2, 0) is 0 Å². The minimum absolute atomic E-state index is 0.00830. The summed E-state index contributed by atoms with van der Waals surface area (Å²) in [5, 5.41) is 9.71. The van der Waals surface area contributed by atoms with E-state index in [0.717, 1.165) is 0 Å². The van der Waals surface area contributed by atoms with E-state index >= 15 is 0 Å². The molecule has 0 aliphatic carbocycles. The lowest BCUT2D eigenvalue weighted by Gasteiger charge is -2.20. The molecule has 0 radical (unpaired) electrons. The number of benzene rings is 1. The van der Waals surface area contributed by atoms with Crippen LogP contribution in [0.5, 0.6) is 5.75 Å². The number of hydrogen-bond acceptors (Lipinski definition) is 4. The number of likely N-dealkylation sites (N-methyl/N-ethyl adjacent to an activating group) is 1. The second-order valence-corrected chi connectivity index (χ2v) is 4.91. The zero-order valence-corrected chi connectivity index (χ0v) is 11.9. The van der Waals surface area contributed by atoms with Gasteiger partial charge in [-0.15, -0.1) is 0 Å². The fourth-order valence-electron chi connectivity index (χ4n) is 1.65. The lowest BCUT2D eigenvalue weighted by atomic mass is 10.2. The number of nitrogens with two attached hydrogens (primary N) is 1. The maximum atomic E-state index is 12.1. The van der Waals surface area contributed by atoms with Gasteiger partial charge < -0.3 is 15.6 Å². The summed E-state index contributed by atoms with van der Waals surface area (Å²) in [6.45, 7) is -0.262. The van der Waals surface area contributed by atoms with Crippen LogP contribution in [-0.4, -0.2) is 54.3 Å². The van der Waals surface area contributed by atoms with Crippen LogP contribution < -0.4 is 10.5 Å². The Morgan fingerprint density at radius 1 is 1.45 bits per heavy atom. The van der Waals surface area contributed by atoms with Crippen LogP contribution in [0.3, 0.4) is 0 Å². The SMILES string of the molecule is CN(CC(F)F)CC(O)COc1cccc(C(N)=S)c1. The number of thiocarbonyl (C=S) groups is 1. The van der Waals surface area contributed by atoms with Gasteiger partial charge in [0.2, 0.25) is 0 Å². The molecule has 20 heavy (non-hydrogen) atoms. The van der Waals surface area contributed by atoms with Crippen LogP contribution in [0.25, 0.3) is 0 Å². The maximum Gasteiger partial charge on any atom is 0.251 e. The van der Waals surface area contributed by atoms with Crippen molar-refractivity contribution in [3.05, 3.63) is 29.8 Å². The first kappa shape index (κ1) is 16.7. The molecule has 4 nitrogen and oxygen atoms in total. The summed E-state index contributed by atoms with van der Waals surface area (Å²) in [6.07, 6.45) is -3.28. The summed E-state index contributed by atoms with van der Waals surface area (Å²) in [4.78, 5) is 1.61. The molecule has 0 aliphatic heterocycles. The van der Waals surface area contributed by atoms with Crippen LogP contribution in [0.2, 0.25) is 0 Å². The van der Waals surface area contributed by atoms with Gasteiger partial charge in [0.05, 0.1) is 6.54 Å². The third kappa shape index (κ3) is 6.23. The summed E-state index contributed by atoms with van der Waals surface area (Å²) >= 11 is 4.85. The lowest BCUT2D eigenvalue weighted by molar-refractivity contribution is 0.0473. The third-order valence-electron chi connectivity index (χ3n) is 2.53. The molecule has 0 fully saturated rings. The van der Waals surface area contributed by atoms with Crippen molar-refractivity contribution in [2.45, 2.75) is 12.5 Å². The Labute approximate surface area is 122 Å². The van der Waals surface area contributed by atoms with E-state index in [2.05, 4.69) is 0 Å². The van der Waals surface area contributed by atoms with E-state index in [9.17, 15) is 13.9 Å². The number of alkyl halides is 2. The van der Waals surface area contributed by atoms with Gasteiger partial charge in [-0.05, 0) is 19.2 Å². The first-order chi connectivity index (χ1) is 9.38. The first-order valence-electron chi connectivity index (χ1n) is 6.06. The van der Waals surface area contributed by atoms with Gasteiger partial charge in [0.15, 0.2) is 0 Å². The maximum absolute atomic E-state index is 12.1. The number of nitrogens with zero attached hydrogens (tertiary/aromatic N) is 1. The molecular formula is C13H18F2N2O2S. The molecule has 0 aromatic heterocycles. The Bertz CT molecular complexity index is 446. The summed E-state index contributed by atoms with van der Waals surface area (Å²) in [7, 11) is 1.52. The smallest absolute Gasteiger partial charge is 0.251 e. The Morgan fingerprint density at radius 2 is 2.15 bits per heavy atom. The zero-order valence-electron chi connectivity index (χ0n) is 11.1. The van der Waals surface area contributed by atoms with E-state index < -0.39 is 12.5 Å². The molecule has 112 valence electrons. The quantitative estimate of drug-likeness (QED) is 0.708. The van der Waals surface area contributed by atoms with Gasteiger partial charge in [0.1, 0.15) is 23.4 Å². The van der Waals surface area contributed by atoms with Crippen LogP contribution in [0.4, 0.5) is 8.78 Å². The Morgan fingerprint density at radius 3 is 2.75 bits per heavy atom. The molecule has 0 spiro atoms. The summed E-state index contributed by atoms with van der Waals surface area (Å²) in [5.74, 6) is 0.519. The van der Waals surface area contributed by atoms with Crippen LogP contribution in [0.1, 0.15) is 5.56 Å². The van der Waals surface area contributed by atoms with E-state index in [1.165, 1.54) is 11.9 Å². The first-order valence-corrected chi connectivity index (χ1v) is 6.46. The van der Waals surface area contributed by atoms with Gasteiger partial charge in [0, 0.05) is 12.1 Å². The second kappa shape index (κ2) is 8.08. The molecule has 1 atom stereocenters. The highest BCUT2D eigenvalue weighted by atomic mass is 32.1. The van der Waals surface area contributed by atoms with Crippen molar-refractivity contribution in [1.29, 1.82) is 0 Å². The fraction of sp³-hybridized carbons (Fsp3) is 0.462. The predicted octanol–water partition coefficient (Wildman–Crippen LogP) is 1.26. The highest BCUT2D eigenvalue weighted by molar-refractivity contribution is 7.80. The molecular weight excluding hydrogens is 286 g/mol. The van der Waals surface area contributed by atoms with Gasteiger partial charge in [-0.1, -0.05) is 24.4 Å². The molecule has 7 heteroatoms. The van der Waals surface area contributed by atoms with E-state index in [1.807, 2.05) is 0 Å². The Hall–Kier alpha value is -1.31. The zero-order chi connectivity index (χ0) is 15.1. The van der Waals surface area contributed by atoms with Crippen molar-refractivity contribution in [2.75, 3.05) is 26.7 Å². The molecule has 1 unspecified atom stereocenters. The van der Waals surface area contributed by atoms with Gasteiger partial charge in [-0.3, -0.25) is 4.90 Å². The molecule has 0 saturated carbocycles. The predicted molar refractivity (Wildman–Crippen MR) is 77.3 cm³/mol. The molecule has 3 N–H and O–H groups in total. The van der Waals surface area contributed by atoms with Crippen molar-refractivity contribution >= 4 is 17.2 Å². The molecule has 1 aromatic carbocycles. The van der Waals surface area contributed by atoms with Crippen LogP contribution >= 0.6 is 12.2 Å². The van der Waals surface area contributed by atoms with E-state index in [-0.39, 0.29) is 24.7 Å². The van der Waals surface area contributed by atoms with Gasteiger partial charge in [-0.2, -0.15) is 0 Å². The second-order valence-electron chi connectivity index (χ2n) is 4.47. The number of halogens is 2. The Balaban J connectivity index is 2.42. The average Bonchev–Trinajstić information content (AvgIpc) is 2.35. The third-order valence-corrected chi connectivity index (χ3v) is 2.77. The van der Waals surface area contributed by atoms with Crippen LogP contribution in [0.15, 0.2) is 24.3 Å². The van der Waals surface area contributed by atoms with E-state index in [4.69, 9.17) is 22.7 Å². The standard InChI is InChI=1S/C13H18F2N2O2S/c1-17(7-12(14)15)6-10(18)8-19-11-4-2-3-9(5-11)13(16)20/h2-5,10,12,18H,6-8H2,1H3,(H2,16,20). The van der Waals surface area contributed by atoms with E-state index in [1.54, 1.807) is 24.3 Å². The molecule has 1 aromatic rings. The average molecular weight is 304 g/mol. The lowest BCUT2D eigenvalue weighted by Crippen LogP contribution is -2.35. The molecule has 1 rings (SSSR count). The number of ether oxygens (including phenoxy) is 1. The Kier molecular flexibility index (Phi) is 6.77. The summed E-state index contributed by atoms with van der Waals surface area (Å²) in [5.41, 5.74) is 6.17. The molecule has 0 bridgehead atoms. The highest BCUT2D eigenvalue weighted by Gasteiger charge is 2.13. The monoisotopic (exact) mass is 304 g/mol. The highest BCUT2D eigenvalue weighted by Crippen LogP contribution is 2.13. The summed E-state index contributed by atoms with van der Waals surface area (Å²) < 4.78 is 29.6. The normalized spacial score (nSPS) is 12.7. The largest absolute Gasteiger partial charge is 0.491 e. The minimum Gasteiger partial charge on any atom is -0.491 e. The number of hydrogen-bond donors (Lipinski definition) is 2. The number of aliphatic hydroxyl groups is 1. The van der Waals surface area contributed by atoms with E-state index in [0.29, 0.717) is 11.3 Å². The van der Waals surface area contributed by atoms with Crippen molar-refractivity contribution in [3.8, 4) is 5.75 Å². The topological polar surface area (TPSA) is 58.7 Å².